The SMILES string of the molecule is CC(C)(CN=C(N)N=C(N)N)C(N)=O. The van der Waals surface area contributed by atoms with E-state index in [1.807, 2.05) is 0 Å². The smallest absolute Gasteiger partial charge is 0.224 e. The molecule has 1 amide bonds. The van der Waals surface area contributed by atoms with Gasteiger partial charge in [0, 0.05) is 0 Å². The van der Waals surface area contributed by atoms with Crippen LogP contribution < -0.4 is 22.9 Å². The average Bonchev–Trinajstić information content (AvgIpc) is 1.99. The van der Waals surface area contributed by atoms with Gasteiger partial charge in [0.25, 0.3) is 0 Å². The molecule has 0 rings (SSSR count). The van der Waals surface area contributed by atoms with Gasteiger partial charge in [0.15, 0.2) is 5.96 Å². The fourth-order valence-electron chi connectivity index (χ4n) is 0.524. The van der Waals surface area contributed by atoms with Gasteiger partial charge >= 0.3 is 0 Å². The summed E-state index contributed by atoms with van der Waals surface area (Å²) in [4.78, 5) is 18.2. The molecule has 7 heteroatoms. The van der Waals surface area contributed by atoms with Crippen molar-refractivity contribution in [3.8, 4) is 0 Å². The first-order chi connectivity index (χ1) is 6.25. The highest BCUT2D eigenvalue weighted by Crippen LogP contribution is 2.13. The Morgan fingerprint density at radius 2 is 1.71 bits per heavy atom. The van der Waals surface area contributed by atoms with Crippen LogP contribution in [0.3, 0.4) is 0 Å². The van der Waals surface area contributed by atoms with Crippen LogP contribution in [-0.4, -0.2) is 24.4 Å². The average molecular weight is 200 g/mol. The highest BCUT2D eigenvalue weighted by atomic mass is 16.1. The first-order valence-electron chi connectivity index (χ1n) is 3.95. The number of hydrogen-bond donors (Lipinski definition) is 4. The fraction of sp³-hybridized carbons (Fsp3) is 0.571. The summed E-state index contributed by atoms with van der Waals surface area (Å²) in [5.74, 6) is -0.707. The number of aliphatic imine (C=N–C) groups is 2. The number of amides is 1. The number of carbonyl (C=O) groups is 1. The maximum atomic E-state index is 10.9. The van der Waals surface area contributed by atoms with E-state index in [9.17, 15) is 4.79 Å². The summed E-state index contributed by atoms with van der Waals surface area (Å²) in [6, 6.07) is 0. The predicted molar refractivity (Wildman–Crippen MR) is 55.3 cm³/mol. The lowest BCUT2D eigenvalue weighted by Gasteiger charge is -2.16. The van der Waals surface area contributed by atoms with Crippen LogP contribution in [0.5, 0.6) is 0 Å². The predicted octanol–water partition coefficient (Wildman–Crippen LogP) is -1.91. The Morgan fingerprint density at radius 3 is 2.07 bits per heavy atom. The number of primary amides is 1. The molecule has 0 aromatic heterocycles. The molecule has 0 unspecified atom stereocenters. The van der Waals surface area contributed by atoms with E-state index >= 15 is 0 Å². The third kappa shape index (κ3) is 4.29. The van der Waals surface area contributed by atoms with Crippen LogP contribution >= 0.6 is 0 Å². The zero-order chi connectivity index (χ0) is 11.4. The lowest BCUT2D eigenvalue weighted by molar-refractivity contribution is -0.125. The minimum atomic E-state index is -0.760. The minimum absolute atomic E-state index is 0.0701. The van der Waals surface area contributed by atoms with Crippen molar-refractivity contribution in [3.63, 3.8) is 0 Å². The molecule has 14 heavy (non-hydrogen) atoms. The number of hydrogen-bond acceptors (Lipinski definition) is 2. The van der Waals surface area contributed by atoms with Crippen molar-refractivity contribution >= 4 is 17.8 Å². The Balaban J connectivity index is 4.43. The normalized spacial score (nSPS) is 12.3. The van der Waals surface area contributed by atoms with Crippen LogP contribution in [-0.2, 0) is 4.79 Å². The maximum Gasteiger partial charge on any atom is 0.224 e. The van der Waals surface area contributed by atoms with Crippen molar-refractivity contribution < 1.29 is 4.79 Å². The number of rotatable bonds is 3. The molecule has 0 bridgehead atoms. The van der Waals surface area contributed by atoms with Gasteiger partial charge in [0.1, 0.15) is 0 Å². The molecule has 0 aromatic carbocycles. The van der Waals surface area contributed by atoms with E-state index in [2.05, 4.69) is 9.98 Å². The Morgan fingerprint density at radius 1 is 1.21 bits per heavy atom. The molecule has 7 nitrogen and oxygen atoms in total. The van der Waals surface area contributed by atoms with E-state index in [0.717, 1.165) is 0 Å². The van der Waals surface area contributed by atoms with Crippen LogP contribution in [0.2, 0.25) is 0 Å². The molecule has 0 spiro atoms. The summed E-state index contributed by atoms with van der Waals surface area (Å²) >= 11 is 0. The largest absolute Gasteiger partial charge is 0.370 e. The molecule has 0 aromatic rings. The first kappa shape index (κ1) is 12.2. The molecular formula is C7H16N6O. The minimum Gasteiger partial charge on any atom is -0.370 e. The van der Waals surface area contributed by atoms with Crippen LogP contribution in [0.1, 0.15) is 13.8 Å². The molecule has 0 saturated heterocycles. The van der Waals surface area contributed by atoms with E-state index in [1.54, 1.807) is 13.8 Å². The lowest BCUT2D eigenvalue weighted by Crippen LogP contribution is -2.35. The molecule has 80 valence electrons. The second-order valence-corrected chi connectivity index (χ2v) is 3.46. The van der Waals surface area contributed by atoms with Gasteiger partial charge in [-0.25, -0.2) is 0 Å². The van der Waals surface area contributed by atoms with Crippen molar-refractivity contribution in [1.82, 2.24) is 0 Å². The number of carbonyl (C=O) groups excluding carboxylic acids is 1. The van der Waals surface area contributed by atoms with Crippen molar-refractivity contribution in [3.05, 3.63) is 0 Å². The summed E-state index contributed by atoms with van der Waals surface area (Å²) in [5.41, 5.74) is 19.8. The molecule has 0 heterocycles. The summed E-state index contributed by atoms with van der Waals surface area (Å²) in [5, 5.41) is 0. The van der Waals surface area contributed by atoms with E-state index in [4.69, 9.17) is 22.9 Å². The Bertz CT molecular complexity index is 276. The van der Waals surface area contributed by atoms with Crippen LogP contribution in [0.15, 0.2) is 9.98 Å². The van der Waals surface area contributed by atoms with Gasteiger partial charge < -0.3 is 22.9 Å². The molecule has 0 fully saturated rings. The summed E-state index contributed by atoms with van der Waals surface area (Å²) < 4.78 is 0. The summed E-state index contributed by atoms with van der Waals surface area (Å²) in [6.45, 7) is 3.45. The Kier molecular flexibility index (Phi) is 3.88. The van der Waals surface area contributed by atoms with Gasteiger partial charge in [-0.05, 0) is 13.8 Å². The van der Waals surface area contributed by atoms with E-state index in [0.29, 0.717) is 0 Å². The van der Waals surface area contributed by atoms with E-state index in [-0.39, 0.29) is 18.5 Å². The van der Waals surface area contributed by atoms with Crippen molar-refractivity contribution in [2.45, 2.75) is 13.8 Å². The monoisotopic (exact) mass is 200 g/mol. The van der Waals surface area contributed by atoms with Crippen molar-refractivity contribution in [1.29, 1.82) is 0 Å². The van der Waals surface area contributed by atoms with Crippen LogP contribution in [0, 0.1) is 5.41 Å². The van der Waals surface area contributed by atoms with Gasteiger partial charge in [0.2, 0.25) is 11.9 Å². The Hall–Kier alpha value is -1.79. The zero-order valence-electron chi connectivity index (χ0n) is 8.32. The summed E-state index contributed by atoms with van der Waals surface area (Å²) in [7, 11) is 0. The molecule has 0 aliphatic heterocycles. The van der Waals surface area contributed by atoms with Crippen LogP contribution in [0.25, 0.3) is 0 Å². The number of guanidine groups is 2. The van der Waals surface area contributed by atoms with Crippen molar-refractivity contribution in [2.75, 3.05) is 6.54 Å². The highest BCUT2D eigenvalue weighted by molar-refractivity contribution is 5.92. The molecule has 0 aliphatic rings. The quantitative estimate of drug-likeness (QED) is 0.311. The third-order valence-electron chi connectivity index (χ3n) is 1.55. The van der Waals surface area contributed by atoms with Crippen LogP contribution in [0.4, 0.5) is 0 Å². The third-order valence-corrected chi connectivity index (χ3v) is 1.55. The van der Waals surface area contributed by atoms with Crippen molar-refractivity contribution in [2.24, 2.45) is 38.3 Å². The van der Waals surface area contributed by atoms with Gasteiger partial charge in [-0.1, -0.05) is 0 Å². The highest BCUT2D eigenvalue weighted by Gasteiger charge is 2.24. The lowest BCUT2D eigenvalue weighted by atomic mass is 9.93. The second-order valence-electron chi connectivity index (χ2n) is 3.46. The van der Waals surface area contributed by atoms with Gasteiger partial charge in [0.05, 0.1) is 12.0 Å². The molecule has 0 aliphatic carbocycles. The zero-order valence-corrected chi connectivity index (χ0v) is 8.32. The standard InChI is InChI=1S/C7H16N6O/c1-7(2,4(8)14)3-12-6(11)13-5(9)10/h3H2,1-2H3,(H2,8,14)(H6,9,10,11,12,13). The number of nitrogens with zero attached hydrogens (tertiary/aromatic N) is 2. The van der Waals surface area contributed by atoms with E-state index < -0.39 is 11.3 Å². The topological polar surface area (TPSA) is 146 Å². The van der Waals surface area contributed by atoms with E-state index in [1.165, 1.54) is 0 Å². The molecule has 0 saturated carbocycles. The Labute approximate surface area is 82.2 Å². The molecule has 0 atom stereocenters. The molecular weight excluding hydrogens is 184 g/mol. The van der Waals surface area contributed by atoms with Gasteiger partial charge in [-0.2, -0.15) is 4.99 Å². The second kappa shape index (κ2) is 4.45. The summed E-state index contributed by atoms with van der Waals surface area (Å²) in [6.07, 6.45) is 0. The first-order valence-corrected chi connectivity index (χ1v) is 3.95. The molecule has 8 N–H and O–H groups in total. The fourth-order valence-corrected chi connectivity index (χ4v) is 0.524. The van der Waals surface area contributed by atoms with Gasteiger partial charge in [-0.3, -0.25) is 9.79 Å². The van der Waals surface area contributed by atoms with Gasteiger partial charge in [-0.15, -0.1) is 0 Å². The maximum absolute atomic E-state index is 10.9. The molecule has 0 radical (unpaired) electrons. The number of nitrogens with two attached hydrogens (primary N) is 4.